The number of nitrogens with one attached hydrogen (secondary N) is 1. The van der Waals surface area contributed by atoms with Gasteiger partial charge in [-0.05, 0) is 64.4 Å². The molecule has 3 aromatic rings. The van der Waals surface area contributed by atoms with Crippen molar-refractivity contribution < 1.29 is 0 Å². The van der Waals surface area contributed by atoms with Crippen LogP contribution in [0.2, 0.25) is 0 Å². The van der Waals surface area contributed by atoms with Crippen LogP contribution in [0, 0.1) is 5.41 Å². The zero-order chi connectivity index (χ0) is 19.1. The standard InChI is InChI=1S/C24H27N3/c1-16(2)19-9-6-10-20(15-19)26(3)24(25)27(4)22-14-12-18-8-5-7-17-11-13-21(22)23(17)18/h5-10,12,14-16,25H,11,13H2,1-4H3. The number of guanidine groups is 1. The number of anilines is 2. The third-order valence-electron chi connectivity index (χ3n) is 5.78. The first-order chi connectivity index (χ1) is 13.0. The lowest BCUT2D eigenvalue weighted by Crippen LogP contribution is -2.40. The van der Waals surface area contributed by atoms with Gasteiger partial charge < -0.3 is 9.80 Å². The normalized spacial score (nSPS) is 12.6. The van der Waals surface area contributed by atoms with E-state index in [-0.39, 0.29) is 0 Å². The van der Waals surface area contributed by atoms with Crippen LogP contribution in [0.5, 0.6) is 0 Å². The van der Waals surface area contributed by atoms with E-state index in [1.807, 2.05) is 23.9 Å². The Labute approximate surface area is 161 Å². The highest BCUT2D eigenvalue weighted by Gasteiger charge is 2.22. The van der Waals surface area contributed by atoms with Gasteiger partial charge in [0.25, 0.3) is 0 Å². The van der Waals surface area contributed by atoms with Crippen LogP contribution in [0.3, 0.4) is 0 Å². The van der Waals surface area contributed by atoms with Gasteiger partial charge in [-0.15, -0.1) is 0 Å². The van der Waals surface area contributed by atoms with Gasteiger partial charge in [0, 0.05) is 25.5 Å². The fourth-order valence-electron chi connectivity index (χ4n) is 4.11. The van der Waals surface area contributed by atoms with Gasteiger partial charge in [-0.2, -0.15) is 0 Å². The first-order valence-electron chi connectivity index (χ1n) is 9.67. The minimum atomic E-state index is 0.477. The van der Waals surface area contributed by atoms with Crippen LogP contribution in [0.4, 0.5) is 11.4 Å². The van der Waals surface area contributed by atoms with Crippen LogP contribution in [-0.4, -0.2) is 20.1 Å². The van der Waals surface area contributed by atoms with Gasteiger partial charge in [0.05, 0.1) is 0 Å². The lowest BCUT2D eigenvalue weighted by atomic mass is 10.0. The lowest BCUT2D eigenvalue weighted by Gasteiger charge is -2.30. The van der Waals surface area contributed by atoms with Crippen LogP contribution >= 0.6 is 0 Å². The molecular weight excluding hydrogens is 330 g/mol. The van der Waals surface area contributed by atoms with Gasteiger partial charge in [-0.25, -0.2) is 0 Å². The van der Waals surface area contributed by atoms with Crippen molar-refractivity contribution >= 4 is 28.1 Å². The summed E-state index contributed by atoms with van der Waals surface area (Å²) in [5, 5.41) is 11.5. The maximum atomic E-state index is 8.80. The summed E-state index contributed by atoms with van der Waals surface area (Å²) in [4.78, 5) is 3.97. The van der Waals surface area contributed by atoms with Gasteiger partial charge in [-0.1, -0.05) is 50.2 Å². The monoisotopic (exact) mass is 357 g/mol. The van der Waals surface area contributed by atoms with Crippen molar-refractivity contribution in [3.8, 4) is 0 Å². The molecule has 0 fully saturated rings. The highest BCUT2D eigenvalue weighted by atomic mass is 15.3. The second-order valence-electron chi connectivity index (χ2n) is 7.77. The molecule has 1 N–H and O–H groups in total. The maximum Gasteiger partial charge on any atom is 0.202 e. The van der Waals surface area contributed by atoms with Crippen molar-refractivity contribution in [3.05, 3.63) is 71.3 Å². The van der Waals surface area contributed by atoms with Gasteiger partial charge in [-0.3, -0.25) is 5.41 Å². The molecule has 0 bridgehead atoms. The predicted octanol–water partition coefficient (Wildman–Crippen LogP) is 5.57. The molecule has 3 heteroatoms. The Morgan fingerprint density at radius 1 is 0.926 bits per heavy atom. The quantitative estimate of drug-likeness (QED) is 0.491. The van der Waals surface area contributed by atoms with E-state index in [2.05, 4.69) is 68.4 Å². The number of hydrogen-bond donors (Lipinski definition) is 1. The molecule has 1 aliphatic carbocycles. The summed E-state index contributed by atoms with van der Waals surface area (Å²) in [6, 6.07) is 19.4. The van der Waals surface area contributed by atoms with Gasteiger partial charge in [0.1, 0.15) is 0 Å². The SMILES string of the molecule is CC(C)c1cccc(N(C)C(=N)N(C)c2ccc3cccc4c3c2CC4)c1. The minimum absolute atomic E-state index is 0.477. The lowest BCUT2D eigenvalue weighted by molar-refractivity contribution is 0.866. The van der Waals surface area contributed by atoms with E-state index in [0.29, 0.717) is 11.9 Å². The Kier molecular flexibility index (Phi) is 4.39. The van der Waals surface area contributed by atoms with Crippen molar-refractivity contribution in [2.75, 3.05) is 23.9 Å². The third-order valence-corrected chi connectivity index (χ3v) is 5.78. The van der Waals surface area contributed by atoms with Crippen molar-refractivity contribution in [2.24, 2.45) is 0 Å². The predicted molar refractivity (Wildman–Crippen MR) is 116 cm³/mol. The van der Waals surface area contributed by atoms with Crippen LogP contribution in [0.1, 0.15) is 36.5 Å². The van der Waals surface area contributed by atoms with Crippen LogP contribution in [-0.2, 0) is 12.8 Å². The van der Waals surface area contributed by atoms with E-state index in [1.165, 1.54) is 27.5 Å². The Bertz CT molecular complexity index is 1020. The molecule has 138 valence electrons. The fourth-order valence-corrected chi connectivity index (χ4v) is 4.11. The van der Waals surface area contributed by atoms with Crippen molar-refractivity contribution in [3.63, 3.8) is 0 Å². The molecule has 0 aromatic heterocycles. The molecule has 27 heavy (non-hydrogen) atoms. The molecule has 0 atom stereocenters. The third kappa shape index (κ3) is 2.97. The first kappa shape index (κ1) is 17.6. The molecular formula is C24H27N3. The Hall–Kier alpha value is -2.81. The summed E-state index contributed by atoms with van der Waals surface area (Å²) in [6.07, 6.45) is 2.15. The van der Waals surface area contributed by atoms with Gasteiger partial charge in [0.15, 0.2) is 0 Å². The molecule has 0 radical (unpaired) electrons. The van der Waals surface area contributed by atoms with Crippen molar-refractivity contribution in [1.82, 2.24) is 0 Å². The molecule has 0 unspecified atom stereocenters. The first-order valence-corrected chi connectivity index (χ1v) is 9.67. The van der Waals surface area contributed by atoms with E-state index in [0.717, 1.165) is 24.2 Å². The van der Waals surface area contributed by atoms with Crippen molar-refractivity contribution in [2.45, 2.75) is 32.6 Å². The van der Waals surface area contributed by atoms with Gasteiger partial charge >= 0.3 is 0 Å². The average Bonchev–Trinajstić information content (AvgIpc) is 3.12. The molecule has 0 saturated heterocycles. The zero-order valence-corrected chi connectivity index (χ0v) is 16.6. The van der Waals surface area contributed by atoms with E-state index in [1.54, 1.807) is 0 Å². The number of rotatable bonds is 3. The number of benzene rings is 3. The number of hydrogen-bond acceptors (Lipinski definition) is 1. The Morgan fingerprint density at radius 3 is 2.48 bits per heavy atom. The summed E-state index contributed by atoms with van der Waals surface area (Å²) in [6.45, 7) is 4.40. The largest absolute Gasteiger partial charge is 0.316 e. The fraction of sp³-hybridized carbons (Fsp3) is 0.292. The molecule has 0 amide bonds. The van der Waals surface area contributed by atoms with E-state index < -0.39 is 0 Å². The molecule has 0 saturated carbocycles. The van der Waals surface area contributed by atoms with Crippen molar-refractivity contribution in [1.29, 1.82) is 5.41 Å². The van der Waals surface area contributed by atoms with Crippen LogP contribution in [0.25, 0.3) is 10.8 Å². The minimum Gasteiger partial charge on any atom is -0.316 e. The summed E-state index contributed by atoms with van der Waals surface area (Å²) in [5.74, 6) is 0.959. The molecule has 0 heterocycles. The second-order valence-corrected chi connectivity index (χ2v) is 7.77. The summed E-state index contributed by atoms with van der Waals surface area (Å²) in [7, 11) is 3.98. The number of aryl methyl sites for hydroxylation is 2. The van der Waals surface area contributed by atoms with E-state index in [4.69, 9.17) is 5.41 Å². The van der Waals surface area contributed by atoms with Gasteiger partial charge in [0.2, 0.25) is 5.96 Å². The Balaban J connectivity index is 1.68. The summed E-state index contributed by atoms with van der Waals surface area (Å²) >= 11 is 0. The Morgan fingerprint density at radius 2 is 1.70 bits per heavy atom. The molecule has 1 aliphatic rings. The second kappa shape index (κ2) is 6.73. The molecule has 3 nitrogen and oxygen atoms in total. The molecule has 0 spiro atoms. The smallest absolute Gasteiger partial charge is 0.202 e. The molecule has 3 aromatic carbocycles. The highest BCUT2D eigenvalue weighted by molar-refractivity contribution is 6.07. The highest BCUT2D eigenvalue weighted by Crippen LogP contribution is 2.37. The molecule has 0 aliphatic heterocycles. The number of nitrogens with zero attached hydrogens (tertiary/aromatic N) is 2. The van der Waals surface area contributed by atoms with E-state index >= 15 is 0 Å². The maximum absolute atomic E-state index is 8.80. The average molecular weight is 358 g/mol. The topological polar surface area (TPSA) is 30.3 Å². The summed E-state index contributed by atoms with van der Waals surface area (Å²) < 4.78 is 0. The van der Waals surface area contributed by atoms with E-state index in [9.17, 15) is 0 Å². The molecule has 4 rings (SSSR count). The zero-order valence-electron chi connectivity index (χ0n) is 16.6. The summed E-state index contributed by atoms with van der Waals surface area (Å²) in [5.41, 5.74) is 6.30. The van der Waals surface area contributed by atoms with Crippen LogP contribution < -0.4 is 9.80 Å². The van der Waals surface area contributed by atoms with Crippen LogP contribution in [0.15, 0.2) is 54.6 Å².